The molecule has 0 aromatic heterocycles. The topological polar surface area (TPSA) is 88.2 Å². The molecule has 1 aromatic rings. The number of benzene rings is 1. The van der Waals surface area contributed by atoms with E-state index in [4.69, 9.17) is 9.47 Å². The third kappa shape index (κ3) is 5.11. The zero-order valence-corrected chi connectivity index (χ0v) is 15.2. The molecule has 0 bridgehead atoms. The number of para-hydroxylation sites is 1. The van der Waals surface area contributed by atoms with Gasteiger partial charge in [-0.2, -0.15) is 0 Å². The molecule has 1 aromatic carbocycles. The van der Waals surface area contributed by atoms with Gasteiger partial charge >= 0.3 is 6.09 Å². The fourth-order valence-electron chi connectivity index (χ4n) is 2.78. The van der Waals surface area contributed by atoms with E-state index in [1.807, 2.05) is 6.92 Å². The van der Waals surface area contributed by atoms with E-state index < -0.39 is 0 Å². The van der Waals surface area contributed by atoms with Crippen molar-refractivity contribution in [2.75, 3.05) is 46.4 Å². The van der Waals surface area contributed by atoms with Crippen LogP contribution in [0.5, 0.6) is 5.75 Å². The second-order valence-electron chi connectivity index (χ2n) is 5.80. The first-order chi connectivity index (χ1) is 12.6. The van der Waals surface area contributed by atoms with Crippen molar-refractivity contribution < 1.29 is 23.9 Å². The maximum Gasteiger partial charge on any atom is 0.409 e. The molecule has 1 N–H and O–H groups in total. The monoisotopic (exact) mass is 363 g/mol. The lowest BCUT2D eigenvalue weighted by molar-refractivity contribution is -0.130. The average Bonchev–Trinajstić information content (AvgIpc) is 2.92. The highest BCUT2D eigenvalue weighted by molar-refractivity contribution is 5.98. The normalized spacial score (nSPS) is 14.4. The Bertz CT molecular complexity index is 649. The smallest absolute Gasteiger partial charge is 0.409 e. The van der Waals surface area contributed by atoms with Gasteiger partial charge in [0.25, 0.3) is 5.91 Å². The van der Waals surface area contributed by atoms with Crippen molar-refractivity contribution in [3.63, 3.8) is 0 Å². The number of hydrogen-bond acceptors (Lipinski definition) is 5. The molecule has 0 radical (unpaired) electrons. The number of nitrogens with zero attached hydrogens (tertiary/aromatic N) is 2. The SMILES string of the molecule is CCOc1ccccc1C(=O)NCC(=O)N1CCCN(C(=O)OC)CC1. The van der Waals surface area contributed by atoms with Crippen molar-refractivity contribution in [3.8, 4) is 5.75 Å². The van der Waals surface area contributed by atoms with Gasteiger partial charge < -0.3 is 24.6 Å². The molecule has 1 fully saturated rings. The van der Waals surface area contributed by atoms with Crippen molar-refractivity contribution in [2.24, 2.45) is 0 Å². The van der Waals surface area contributed by atoms with Crippen LogP contribution in [-0.2, 0) is 9.53 Å². The van der Waals surface area contributed by atoms with Crippen LogP contribution in [0.1, 0.15) is 23.7 Å². The van der Waals surface area contributed by atoms with Crippen molar-refractivity contribution in [3.05, 3.63) is 29.8 Å². The number of ether oxygens (including phenoxy) is 2. The van der Waals surface area contributed by atoms with Gasteiger partial charge in [-0.15, -0.1) is 0 Å². The molecular formula is C18H25N3O5. The highest BCUT2D eigenvalue weighted by Gasteiger charge is 2.23. The lowest BCUT2D eigenvalue weighted by Crippen LogP contribution is -2.42. The van der Waals surface area contributed by atoms with Gasteiger partial charge in [0.1, 0.15) is 5.75 Å². The minimum Gasteiger partial charge on any atom is -0.493 e. The summed E-state index contributed by atoms with van der Waals surface area (Å²) in [4.78, 5) is 39.5. The molecule has 0 atom stereocenters. The van der Waals surface area contributed by atoms with Crippen LogP contribution in [0.2, 0.25) is 0 Å². The van der Waals surface area contributed by atoms with E-state index in [9.17, 15) is 14.4 Å². The Balaban J connectivity index is 1.88. The Morgan fingerprint density at radius 2 is 1.77 bits per heavy atom. The standard InChI is InChI=1S/C18H25N3O5/c1-3-26-15-8-5-4-7-14(15)17(23)19-13-16(22)20-9-6-10-21(12-11-20)18(24)25-2/h4-5,7-8H,3,6,9-13H2,1-2H3,(H,19,23). The van der Waals surface area contributed by atoms with Gasteiger partial charge in [0.15, 0.2) is 0 Å². The van der Waals surface area contributed by atoms with Gasteiger partial charge in [-0.3, -0.25) is 9.59 Å². The Kier molecular flexibility index (Phi) is 7.25. The summed E-state index contributed by atoms with van der Waals surface area (Å²) in [5.41, 5.74) is 0.398. The number of nitrogens with one attached hydrogen (secondary N) is 1. The van der Waals surface area contributed by atoms with Crippen LogP contribution in [-0.4, -0.2) is 74.1 Å². The number of rotatable bonds is 5. The van der Waals surface area contributed by atoms with Gasteiger partial charge in [-0.1, -0.05) is 12.1 Å². The van der Waals surface area contributed by atoms with E-state index in [1.165, 1.54) is 7.11 Å². The first-order valence-electron chi connectivity index (χ1n) is 8.67. The summed E-state index contributed by atoms with van der Waals surface area (Å²) < 4.78 is 10.2. The fraction of sp³-hybridized carbons (Fsp3) is 0.500. The predicted molar refractivity (Wildman–Crippen MR) is 95.1 cm³/mol. The third-order valence-electron chi connectivity index (χ3n) is 4.11. The first-order valence-corrected chi connectivity index (χ1v) is 8.67. The second-order valence-corrected chi connectivity index (χ2v) is 5.80. The van der Waals surface area contributed by atoms with Crippen LogP contribution in [0, 0.1) is 0 Å². The molecule has 8 nitrogen and oxygen atoms in total. The highest BCUT2D eigenvalue weighted by Crippen LogP contribution is 2.17. The quantitative estimate of drug-likeness (QED) is 0.847. The predicted octanol–water partition coefficient (Wildman–Crippen LogP) is 1.12. The van der Waals surface area contributed by atoms with E-state index in [-0.39, 0.29) is 24.5 Å². The molecule has 1 saturated heterocycles. The lowest BCUT2D eigenvalue weighted by atomic mass is 10.2. The Hall–Kier alpha value is -2.77. The van der Waals surface area contributed by atoms with Crippen LogP contribution in [0.3, 0.4) is 0 Å². The van der Waals surface area contributed by atoms with E-state index in [0.29, 0.717) is 50.5 Å². The molecular weight excluding hydrogens is 338 g/mol. The summed E-state index contributed by atoms with van der Waals surface area (Å²) in [5.74, 6) is -0.0455. The lowest BCUT2D eigenvalue weighted by Gasteiger charge is -2.21. The van der Waals surface area contributed by atoms with Crippen molar-refractivity contribution in [1.29, 1.82) is 0 Å². The molecule has 8 heteroatoms. The number of methoxy groups -OCH3 is 1. The number of amides is 3. The largest absolute Gasteiger partial charge is 0.493 e. The molecule has 0 spiro atoms. The van der Waals surface area contributed by atoms with Crippen LogP contribution in [0.25, 0.3) is 0 Å². The van der Waals surface area contributed by atoms with Gasteiger partial charge in [0, 0.05) is 26.2 Å². The van der Waals surface area contributed by atoms with E-state index >= 15 is 0 Å². The minimum absolute atomic E-state index is 0.0997. The number of carbonyl (C=O) groups is 3. The van der Waals surface area contributed by atoms with Crippen molar-refractivity contribution in [1.82, 2.24) is 15.1 Å². The molecule has 3 amide bonds. The molecule has 2 rings (SSSR count). The maximum atomic E-state index is 12.4. The zero-order chi connectivity index (χ0) is 18.9. The first kappa shape index (κ1) is 19.6. The van der Waals surface area contributed by atoms with Gasteiger partial charge in [-0.05, 0) is 25.5 Å². The Labute approximate surface area is 153 Å². The Morgan fingerprint density at radius 1 is 1.08 bits per heavy atom. The molecule has 1 aliphatic heterocycles. The summed E-state index contributed by atoms with van der Waals surface area (Å²) in [7, 11) is 1.34. The summed E-state index contributed by atoms with van der Waals surface area (Å²) >= 11 is 0. The molecule has 0 unspecified atom stereocenters. The van der Waals surface area contributed by atoms with Crippen molar-refractivity contribution >= 4 is 17.9 Å². The Morgan fingerprint density at radius 3 is 2.50 bits per heavy atom. The van der Waals surface area contributed by atoms with Crippen LogP contribution in [0.15, 0.2) is 24.3 Å². The van der Waals surface area contributed by atoms with Gasteiger partial charge in [0.05, 0.1) is 25.8 Å². The maximum absolute atomic E-state index is 12.4. The molecule has 0 aliphatic carbocycles. The summed E-state index contributed by atoms with van der Waals surface area (Å²) in [6.45, 7) is 4.11. The second kappa shape index (κ2) is 9.65. The third-order valence-corrected chi connectivity index (χ3v) is 4.11. The summed E-state index contributed by atoms with van der Waals surface area (Å²) in [6.07, 6.45) is 0.280. The zero-order valence-electron chi connectivity index (χ0n) is 15.2. The van der Waals surface area contributed by atoms with Crippen LogP contribution >= 0.6 is 0 Å². The van der Waals surface area contributed by atoms with Crippen LogP contribution in [0.4, 0.5) is 4.79 Å². The van der Waals surface area contributed by atoms with E-state index in [0.717, 1.165) is 0 Å². The van der Waals surface area contributed by atoms with Crippen molar-refractivity contribution in [2.45, 2.75) is 13.3 Å². The minimum atomic E-state index is -0.389. The van der Waals surface area contributed by atoms with Crippen LogP contribution < -0.4 is 10.1 Å². The number of carbonyl (C=O) groups excluding carboxylic acids is 3. The van der Waals surface area contributed by atoms with E-state index in [2.05, 4.69) is 5.32 Å². The van der Waals surface area contributed by atoms with Gasteiger partial charge in [-0.25, -0.2) is 4.79 Å². The molecule has 0 saturated carbocycles. The number of hydrogen-bond donors (Lipinski definition) is 1. The summed E-state index contributed by atoms with van der Waals surface area (Å²) in [5, 5.41) is 2.65. The fourth-order valence-corrected chi connectivity index (χ4v) is 2.78. The molecule has 1 aliphatic rings. The summed E-state index contributed by atoms with van der Waals surface area (Å²) in [6, 6.07) is 6.91. The molecule has 1 heterocycles. The van der Waals surface area contributed by atoms with Gasteiger partial charge in [0.2, 0.25) is 5.91 Å². The molecule has 142 valence electrons. The average molecular weight is 363 g/mol. The molecule has 26 heavy (non-hydrogen) atoms. The highest BCUT2D eigenvalue weighted by atomic mass is 16.5. The van der Waals surface area contributed by atoms with E-state index in [1.54, 1.807) is 34.1 Å².